The van der Waals surface area contributed by atoms with Gasteiger partial charge in [-0.3, -0.25) is 0 Å². The van der Waals surface area contributed by atoms with Gasteiger partial charge in [0.15, 0.2) is 0 Å². The standard InChI is InChI=1S/C12H25NO3/c1-10-3-5-12(9-13,6-4-10)16-8-11(14)7-15-2/h10-11,14H,3-9,13H2,1-2H3. The van der Waals surface area contributed by atoms with Crippen molar-refractivity contribution < 1.29 is 14.6 Å². The first-order valence-corrected chi connectivity index (χ1v) is 6.13. The van der Waals surface area contributed by atoms with Crippen molar-refractivity contribution in [1.82, 2.24) is 0 Å². The summed E-state index contributed by atoms with van der Waals surface area (Å²) in [7, 11) is 1.57. The van der Waals surface area contributed by atoms with Crippen LogP contribution >= 0.6 is 0 Å². The van der Waals surface area contributed by atoms with Crippen molar-refractivity contribution in [2.75, 3.05) is 26.9 Å². The van der Waals surface area contributed by atoms with E-state index in [1.54, 1.807) is 7.11 Å². The average molecular weight is 231 g/mol. The van der Waals surface area contributed by atoms with Gasteiger partial charge in [-0.15, -0.1) is 0 Å². The lowest BCUT2D eigenvalue weighted by molar-refractivity contribution is -0.107. The third-order valence-corrected chi connectivity index (χ3v) is 3.50. The maximum absolute atomic E-state index is 9.55. The van der Waals surface area contributed by atoms with Crippen LogP contribution in [0.15, 0.2) is 0 Å². The number of methoxy groups -OCH3 is 1. The molecule has 1 saturated carbocycles. The summed E-state index contributed by atoms with van der Waals surface area (Å²) in [5.41, 5.74) is 5.60. The summed E-state index contributed by atoms with van der Waals surface area (Å²) in [4.78, 5) is 0. The third kappa shape index (κ3) is 4.01. The van der Waals surface area contributed by atoms with E-state index in [0.717, 1.165) is 31.6 Å². The van der Waals surface area contributed by atoms with Gasteiger partial charge in [0.25, 0.3) is 0 Å². The van der Waals surface area contributed by atoms with Crippen molar-refractivity contribution in [3.63, 3.8) is 0 Å². The van der Waals surface area contributed by atoms with Crippen LogP contribution in [0.25, 0.3) is 0 Å². The normalized spacial score (nSPS) is 32.6. The fraction of sp³-hybridized carbons (Fsp3) is 1.00. The first kappa shape index (κ1) is 13.9. The summed E-state index contributed by atoms with van der Waals surface area (Å²) in [6.07, 6.45) is 3.79. The zero-order valence-corrected chi connectivity index (χ0v) is 10.4. The Morgan fingerprint density at radius 3 is 2.50 bits per heavy atom. The molecule has 4 heteroatoms. The molecule has 0 saturated heterocycles. The number of hydrogen-bond acceptors (Lipinski definition) is 4. The molecule has 1 aliphatic carbocycles. The number of rotatable bonds is 6. The lowest BCUT2D eigenvalue weighted by Gasteiger charge is -2.39. The zero-order chi connectivity index (χ0) is 12.0. The predicted molar refractivity (Wildman–Crippen MR) is 63.3 cm³/mol. The van der Waals surface area contributed by atoms with Crippen LogP contribution in [0.2, 0.25) is 0 Å². The van der Waals surface area contributed by atoms with Crippen molar-refractivity contribution in [3.05, 3.63) is 0 Å². The molecule has 1 atom stereocenters. The van der Waals surface area contributed by atoms with Crippen molar-refractivity contribution in [2.45, 2.75) is 44.3 Å². The van der Waals surface area contributed by atoms with Gasteiger partial charge >= 0.3 is 0 Å². The molecule has 0 spiro atoms. The second-order valence-corrected chi connectivity index (χ2v) is 4.99. The van der Waals surface area contributed by atoms with E-state index in [9.17, 15) is 5.11 Å². The topological polar surface area (TPSA) is 64.7 Å². The molecule has 1 unspecified atom stereocenters. The van der Waals surface area contributed by atoms with Gasteiger partial charge in [-0.1, -0.05) is 6.92 Å². The highest BCUT2D eigenvalue weighted by molar-refractivity contribution is 4.87. The van der Waals surface area contributed by atoms with Crippen molar-refractivity contribution in [2.24, 2.45) is 11.7 Å². The molecular formula is C12H25NO3. The van der Waals surface area contributed by atoms with E-state index >= 15 is 0 Å². The van der Waals surface area contributed by atoms with Crippen LogP contribution in [0.5, 0.6) is 0 Å². The molecule has 4 nitrogen and oxygen atoms in total. The first-order chi connectivity index (χ1) is 7.62. The summed E-state index contributed by atoms with van der Waals surface area (Å²) < 4.78 is 10.7. The Morgan fingerprint density at radius 1 is 1.38 bits per heavy atom. The number of aliphatic hydroxyl groups excluding tert-OH is 1. The molecule has 96 valence electrons. The minimum atomic E-state index is -0.548. The molecule has 0 aromatic heterocycles. The van der Waals surface area contributed by atoms with Crippen molar-refractivity contribution >= 4 is 0 Å². The minimum absolute atomic E-state index is 0.207. The maximum atomic E-state index is 9.55. The molecule has 0 radical (unpaired) electrons. The van der Waals surface area contributed by atoms with E-state index in [1.807, 2.05) is 0 Å². The van der Waals surface area contributed by atoms with Crippen LogP contribution in [0.4, 0.5) is 0 Å². The molecule has 1 rings (SSSR count). The summed E-state index contributed by atoms with van der Waals surface area (Å²) in [6.45, 7) is 3.44. The number of nitrogens with two attached hydrogens (primary N) is 1. The predicted octanol–water partition coefficient (Wildman–Crippen LogP) is 0.918. The summed E-state index contributed by atoms with van der Waals surface area (Å²) in [5.74, 6) is 0.771. The fourth-order valence-corrected chi connectivity index (χ4v) is 2.21. The quantitative estimate of drug-likeness (QED) is 0.713. The lowest BCUT2D eigenvalue weighted by Crippen LogP contribution is -2.45. The summed E-state index contributed by atoms with van der Waals surface area (Å²) in [6, 6.07) is 0. The molecule has 1 aliphatic rings. The Morgan fingerprint density at radius 2 is 2.00 bits per heavy atom. The molecule has 0 bridgehead atoms. The Labute approximate surface area is 98.1 Å². The van der Waals surface area contributed by atoms with Gasteiger partial charge in [-0.05, 0) is 31.6 Å². The van der Waals surface area contributed by atoms with Gasteiger partial charge in [-0.2, -0.15) is 0 Å². The van der Waals surface area contributed by atoms with Crippen LogP contribution in [0, 0.1) is 5.92 Å². The Hall–Kier alpha value is -0.160. The number of hydrogen-bond donors (Lipinski definition) is 2. The smallest absolute Gasteiger partial charge is 0.101 e. The lowest BCUT2D eigenvalue weighted by atomic mass is 9.79. The second kappa shape index (κ2) is 6.55. The van der Waals surface area contributed by atoms with E-state index in [0.29, 0.717) is 19.8 Å². The van der Waals surface area contributed by atoms with Crippen LogP contribution in [0.3, 0.4) is 0 Å². The van der Waals surface area contributed by atoms with Gasteiger partial charge in [0.1, 0.15) is 6.10 Å². The molecule has 0 aliphatic heterocycles. The SMILES string of the molecule is COCC(O)COC1(CN)CCC(C)CC1. The van der Waals surface area contributed by atoms with E-state index in [1.165, 1.54) is 0 Å². The minimum Gasteiger partial charge on any atom is -0.388 e. The van der Waals surface area contributed by atoms with Crippen LogP contribution in [0.1, 0.15) is 32.6 Å². The molecule has 0 aromatic rings. The zero-order valence-electron chi connectivity index (χ0n) is 10.4. The molecule has 1 fully saturated rings. The van der Waals surface area contributed by atoms with Crippen molar-refractivity contribution in [3.8, 4) is 0 Å². The maximum Gasteiger partial charge on any atom is 0.101 e. The number of ether oxygens (including phenoxy) is 2. The van der Waals surface area contributed by atoms with Gasteiger partial charge in [0, 0.05) is 13.7 Å². The Bertz CT molecular complexity index is 191. The molecule has 3 N–H and O–H groups in total. The van der Waals surface area contributed by atoms with Gasteiger partial charge in [-0.25, -0.2) is 0 Å². The average Bonchev–Trinajstić information content (AvgIpc) is 2.30. The first-order valence-electron chi connectivity index (χ1n) is 6.13. The molecule has 0 amide bonds. The largest absolute Gasteiger partial charge is 0.388 e. The van der Waals surface area contributed by atoms with E-state index in [-0.39, 0.29) is 5.60 Å². The highest BCUT2D eigenvalue weighted by atomic mass is 16.5. The third-order valence-electron chi connectivity index (χ3n) is 3.50. The highest BCUT2D eigenvalue weighted by Gasteiger charge is 2.34. The van der Waals surface area contributed by atoms with E-state index in [2.05, 4.69) is 6.92 Å². The Kier molecular flexibility index (Phi) is 5.69. The molecular weight excluding hydrogens is 206 g/mol. The van der Waals surface area contributed by atoms with E-state index < -0.39 is 6.10 Å². The van der Waals surface area contributed by atoms with Crippen molar-refractivity contribution in [1.29, 1.82) is 0 Å². The molecule has 0 heterocycles. The second-order valence-electron chi connectivity index (χ2n) is 4.99. The van der Waals surface area contributed by atoms with Gasteiger partial charge in [0.05, 0.1) is 18.8 Å². The summed E-state index contributed by atoms with van der Waals surface area (Å²) in [5, 5.41) is 9.55. The molecule has 16 heavy (non-hydrogen) atoms. The summed E-state index contributed by atoms with van der Waals surface area (Å²) >= 11 is 0. The molecule has 0 aromatic carbocycles. The van der Waals surface area contributed by atoms with Crippen LogP contribution < -0.4 is 5.73 Å². The van der Waals surface area contributed by atoms with Gasteiger partial charge < -0.3 is 20.3 Å². The monoisotopic (exact) mass is 231 g/mol. The van der Waals surface area contributed by atoms with Crippen LogP contribution in [-0.4, -0.2) is 43.7 Å². The van der Waals surface area contributed by atoms with Crippen LogP contribution in [-0.2, 0) is 9.47 Å². The highest BCUT2D eigenvalue weighted by Crippen LogP contribution is 2.34. The van der Waals surface area contributed by atoms with Gasteiger partial charge in [0.2, 0.25) is 0 Å². The number of aliphatic hydroxyl groups is 1. The Balaban J connectivity index is 2.36. The fourth-order valence-electron chi connectivity index (χ4n) is 2.21. The van der Waals surface area contributed by atoms with E-state index in [4.69, 9.17) is 15.2 Å².